The normalized spacial score (nSPS) is 10.7. The highest BCUT2D eigenvalue weighted by atomic mass is 35.5. The lowest BCUT2D eigenvalue weighted by Crippen LogP contribution is -2.10. The first kappa shape index (κ1) is 24.1. The average Bonchev–Trinajstić information content (AvgIpc) is 2.76. The number of carbonyl (C=O) groups excluding carboxylic acids is 2. The van der Waals surface area contributed by atoms with Gasteiger partial charge in [-0.2, -0.15) is 5.26 Å². The molecule has 0 fully saturated rings. The van der Waals surface area contributed by atoms with E-state index < -0.39 is 11.9 Å². The summed E-state index contributed by atoms with van der Waals surface area (Å²) in [7, 11) is 2.60. The molecule has 2 aromatic carbocycles. The molecule has 2 rings (SSSR count). The van der Waals surface area contributed by atoms with Gasteiger partial charge >= 0.3 is 11.9 Å². The first-order valence-corrected chi connectivity index (χ1v) is 9.80. The van der Waals surface area contributed by atoms with Crippen LogP contribution in [0.4, 0.5) is 0 Å². The minimum absolute atomic E-state index is 0.108. The topological polar surface area (TPSA) is 94.9 Å². The molecular weight excluding hydrogens is 445 g/mol. The van der Waals surface area contributed by atoms with Crippen LogP contribution in [0, 0.1) is 11.3 Å². The zero-order valence-corrected chi connectivity index (χ0v) is 18.3. The number of ether oxygens (including phenoxy) is 4. The molecule has 0 N–H and O–H groups in total. The van der Waals surface area contributed by atoms with Gasteiger partial charge in [0.05, 0.1) is 25.8 Å². The highest BCUT2D eigenvalue weighted by Gasteiger charge is 2.13. The molecule has 0 aliphatic heterocycles. The second-order valence-corrected chi connectivity index (χ2v) is 6.92. The molecule has 0 aromatic heterocycles. The molecule has 9 heteroatoms. The maximum Gasteiger partial charge on any atom is 0.348 e. The number of hydrogen-bond acceptors (Lipinski definition) is 7. The third-order valence-electron chi connectivity index (χ3n) is 3.92. The lowest BCUT2D eigenvalue weighted by Gasteiger charge is -2.11. The molecule has 0 amide bonds. The van der Waals surface area contributed by atoms with Gasteiger partial charge in [0.2, 0.25) is 0 Å². The maximum atomic E-state index is 12.1. The van der Waals surface area contributed by atoms with Crippen molar-refractivity contribution in [3.63, 3.8) is 0 Å². The van der Waals surface area contributed by atoms with Crippen molar-refractivity contribution in [3.05, 3.63) is 57.6 Å². The zero-order valence-electron chi connectivity index (χ0n) is 16.8. The SMILES string of the molecule is COC(=O)C(C#N)=Cc1ccc(OC(=O)CCCOc2ccc(Cl)cc2Cl)c(OC)c1. The lowest BCUT2D eigenvalue weighted by molar-refractivity contribution is -0.136. The Labute approximate surface area is 189 Å². The van der Waals surface area contributed by atoms with Crippen LogP contribution in [0.5, 0.6) is 17.2 Å². The highest BCUT2D eigenvalue weighted by Crippen LogP contribution is 2.30. The number of nitrogens with zero attached hydrogens (tertiary/aromatic N) is 1. The molecular formula is C22H19Cl2NO6. The molecule has 0 bridgehead atoms. The van der Waals surface area contributed by atoms with Gasteiger partial charge in [-0.1, -0.05) is 29.3 Å². The fourth-order valence-corrected chi connectivity index (χ4v) is 2.90. The number of methoxy groups -OCH3 is 2. The van der Waals surface area contributed by atoms with Gasteiger partial charge in [0.1, 0.15) is 17.4 Å². The largest absolute Gasteiger partial charge is 0.493 e. The monoisotopic (exact) mass is 463 g/mol. The summed E-state index contributed by atoms with van der Waals surface area (Å²) in [6.45, 7) is 0.266. The van der Waals surface area contributed by atoms with E-state index in [0.29, 0.717) is 27.8 Å². The zero-order chi connectivity index (χ0) is 22.8. The van der Waals surface area contributed by atoms with E-state index >= 15 is 0 Å². The molecule has 7 nitrogen and oxygen atoms in total. The lowest BCUT2D eigenvalue weighted by atomic mass is 10.1. The van der Waals surface area contributed by atoms with E-state index in [1.165, 1.54) is 32.4 Å². The Balaban J connectivity index is 1.94. The summed E-state index contributed by atoms with van der Waals surface area (Å²) in [6.07, 6.45) is 1.86. The van der Waals surface area contributed by atoms with Crippen LogP contribution in [-0.4, -0.2) is 32.8 Å². The van der Waals surface area contributed by atoms with Crippen molar-refractivity contribution >= 4 is 41.2 Å². The van der Waals surface area contributed by atoms with Gasteiger partial charge in [-0.25, -0.2) is 4.79 Å². The summed E-state index contributed by atoms with van der Waals surface area (Å²) in [5.74, 6) is -0.261. The Hall–Kier alpha value is -3.21. The smallest absolute Gasteiger partial charge is 0.348 e. The van der Waals surface area contributed by atoms with Crippen molar-refractivity contribution in [2.45, 2.75) is 12.8 Å². The van der Waals surface area contributed by atoms with E-state index in [1.54, 1.807) is 30.3 Å². The summed E-state index contributed by atoms with van der Waals surface area (Å²) in [5, 5.41) is 9.94. The van der Waals surface area contributed by atoms with E-state index in [2.05, 4.69) is 4.74 Å². The summed E-state index contributed by atoms with van der Waals surface area (Å²) in [6, 6.07) is 11.3. The Morgan fingerprint density at radius 1 is 1.06 bits per heavy atom. The summed E-state index contributed by atoms with van der Waals surface area (Å²) in [5.41, 5.74) is 0.335. The van der Waals surface area contributed by atoms with Crippen LogP contribution in [0.25, 0.3) is 6.08 Å². The van der Waals surface area contributed by atoms with Crippen LogP contribution >= 0.6 is 23.2 Å². The Bertz CT molecular complexity index is 1030. The van der Waals surface area contributed by atoms with Crippen LogP contribution in [-0.2, 0) is 14.3 Å². The number of benzene rings is 2. The standard InChI is InChI=1S/C22H19Cl2NO6/c1-28-20-11-14(10-15(13-25)22(27)29-2)5-7-19(20)31-21(26)4-3-9-30-18-8-6-16(23)12-17(18)24/h5-8,10-12H,3-4,9H2,1-2H3. The third kappa shape index (κ3) is 7.21. The van der Waals surface area contributed by atoms with E-state index in [1.807, 2.05) is 0 Å². The molecule has 162 valence electrons. The molecule has 0 saturated carbocycles. The van der Waals surface area contributed by atoms with E-state index in [-0.39, 0.29) is 30.1 Å². The quantitative estimate of drug-likeness (QED) is 0.172. The number of halogens is 2. The molecule has 0 radical (unpaired) electrons. The van der Waals surface area contributed by atoms with E-state index in [0.717, 1.165) is 0 Å². The molecule has 0 spiro atoms. The predicted octanol–water partition coefficient (Wildman–Crippen LogP) is 4.85. The van der Waals surface area contributed by atoms with Crippen LogP contribution in [0.3, 0.4) is 0 Å². The first-order chi connectivity index (χ1) is 14.9. The van der Waals surface area contributed by atoms with Gasteiger partial charge in [-0.3, -0.25) is 4.79 Å². The molecule has 0 unspecified atom stereocenters. The molecule has 0 aliphatic carbocycles. The fourth-order valence-electron chi connectivity index (χ4n) is 2.44. The van der Waals surface area contributed by atoms with Crippen LogP contribution in [0.1, 0.15) is 18.4 Å². The van der Waals surface area contributed by atoms with Crippen molar-refractivity contribution in [2.75, 3.05) is 20.8 Å². The van der Waals surface area contributed by atoms with Gasteiger partial charge in [-0.05, 0) is 48.4 Å². The van der Waals surface area contributed by atoms with Crippen molar-refractivity contribution in [1.82, 2.24) is 0 Å². The van der Waals surface area contributed by atoms with Crippen LogP contribution in [0.2, 0.25) is 10.0 Å². The van der Waals surface area contributed by atoms with Crippen LogP contribution < -0.4 is 14.2 Å². The highest BCUT2D eigenvalue weighted by molar-refractivity contribution is 6.35. The Morgan fingerprint density at radius 3 is 2.45 bits per heavy atom. The third-order valence-corrected chi connectivity index (χ3v) is 4.46. The van der Waals surface area contributed by atoms with Gasteiger partial charge in [0.15, 0.2) is 11.5 Å². The Morgan fingerprint density at radius 2 is 1.81 bits per heavy atom. The summed E-state index contributed by atoms with van der Waals surface area (Å²) >= 11 is 11.9. The number of rotatable bonds is 9. The van der Waals surface area contributed by atoms with Crippen molar-refractivity contribution in [2.24, 2.45) is 0 Å². The van der Waals surface area contributed by atoms with E-state index in [9.17, 15) is 9.59 Å². The van der Waals surface area contributed by atoms with Gasteiger partial charge < -0.3 is 18.9 Å². The molecule has 0 saturated heterocycles. The summed E-state index contributed by atoms with van der Waals surface area (Å²) < 4.78 is 20.7. The summed E-state index contributed by atoms with van der Waals surface area (Å²) in [4.78, 5) is 23.7. The minimum atomic E-state index is -0.751. The van der Waals surface area contributed by atoms with Crippen molar-refractivity contribution in [1.29, 1.82) is 5.26 Å². The average molecular weight is 464 g/mol. The fraction of sp³-hybridized carbons (Fsp3) is 0.227. The van der Waals surface area contributed by atoms with Gasteiger partial charge in [0, 0.05) is 11.4 Å². The number of hydrogen-bond donors (Lipinski definition) is 0. The minimum Gasteiger partial charge on any atom is -0.493 e. The first-order valence-electron chi connectivity index (χ1n) is 9.04. The molecule has 0 heterocycles. The van der Waals surface area contributed by atoms with Crippen molar-refractivity contribution < 1.29 is 28.5 Å². The van der Waals surface area contributed by atoms with E-state index in [4.69, 9.17) is 42.7 Å². The maximum absolute atomic E-state index is 12.1. The molecule has 2 aromatic rings. The van der Waals surface area contributed by atoms with Gasteiger partial charge in [-0.15, -0.1) is 0 Å². The molecule has 31 heavy (non-hydrogen) atoms. The van der Waals surface area contributed by atoms with Crippen LogP contribution in [0.15, 0.2) is 42.0 Å². The molecule has 0 aliphatic rings. The second-order valence-electron chi connectivity index (χ2n) is 6.07. The number of nitriles is 1. The van der Waals surface area contributed by atoms with Crippen molar-refractivity contribution in [3.8, 4) is 23.3 Å². The molecule has 0 atom stereocenters. The van der Waals surface area contributed by atoms with Gasteiger partial charge in [0.25, 0.3) is 0 Å². The predicted molar refractivity (Wildman–Crippen MR) is 115 cm³/mol. The second kappa shape index (κ2) is 11.8. The number of carbonyl (C=O) groups is 2. The number of esters is 2. The Kier molecular flexibility index (Phi) is 9.19.